The van der Waals surface area contributed by atoms with Crippen LogP contribution in [-0.2, 0) is 14.3 Å². The topological polar surface area (TPSA) is 67.8 Å². The molecule has 0 amide bonds. The van der Waals surface area contributed by atoms with Gasteiger partial charge in [0.25, 0.3) is 0 Å². The van der Waals surface area contributed by atoms with Gasteiger partial charge in [-0.1, -0.05) is 22.6 Å². The minimum absolute atomic E-state index is 0.254. The fraction of sp³-hybridized carbons (Fsp3) is 0.875. The van der Waals surface area contributed by atoms with E-state index in [9.17, 15) is 4.79 Å². The molecule has 0 aromatic heterocycles. The molecule has 0 aromatic rings. The minimum atomic E-state index is -0.950. The van der Waals surface area contributed by atoms with Crippen molar-refractivity contribution in [1.29, 1.82) is 0 Å². The van der Waals surface area contributed by atoms with Crippen molar-refractivity contribution in [3.63, 3.8) is 0 Å². The molecule has 0 aliphatic heterocycles. The quantitative estimate of drug-likeness (QED) is 0.341. The number of carbonyl (C=O) groups is 1. The van der Waals surface area contributed by atoms with Crippen molar-refractivity contribution in [2.24, 2.45) is 0 Å². The molecule has 0 spiro atoms. The number of alkyl halides is 1. The van der Waals surface area contributed by atoms with Crippen LogP contribution in [0.3, 0.4) is 0 Å². The van der Waals surface area contributed by atoms with E-state index in [1.54, 1.807) is 0 Å². The SMILES string of the molecule is O=C(O)COCCOCCNCCI. The third kappa shape index (κ3) is 12.1. The summed E-state index contributed by atoms with van der Waals surface area (Å²) in [6.45, 7) is 2.96. The largest absolute Gasteiger partial charge is 0.480 e. The fourth-order valence-electron chi connectivity index (χ4n) is 0.716. The summed E-state index contributed by atoms with van der Waals surface area (Å²) in [7, 11) is 0. The molecule has 0 rings (SSSR count). The number of ether oxygens (including phenoxy) is 2. The number of rotatable bonds is 10. The van der Waals surface area contributed by atoms with Crippen LogP contribution in [0, 0.1) is 0 Å². The first-order valence-corrected chi connectivity index (χ1v) is 5.94. The summed E-state index contributed by atoms with van der Waals surface area (Å²) >= 11 is 2.29. The average molecular weight is 317 g/mol. The lowest BCUT2D eigenvalue weighted by molar-refractivity contribution is -0.142. The number of nitrogens with one attached hydrogen (secondary N) is 1. The number of hydrogen-bond acceptors (Lipinski definition) is 4. The average Bonchev–Trinajstić information content (AvgIpc) is 2.15. The van der Waals surface area contributed by atoms with Gasteiger partial charge in [-0.3, -0.25) is 0 Å². The lowest BCUT2D eigenvalue weighted by atomic mass is 10.6. The summed E-state index contributed by atoms with van der Waals surface area (Å²) in [6.07, 6.45) is 0. The maximum absolute atomic E-state index is 10.0. The number of carboxylic acid groups (broad SMARTS) is 1. The molecule has 0 bridgehead atoms. The summed E-state index contributed by atoms with van der Waals surface area (Å²) in [6, 6.07) is 0. The Hall–Kier alpha value is 0.0800. The summed E-state index contributed by atoms with van der Waals surface area (Å²) in [5, 5.41) is 11.4. The number of halogens is 1. The second-order valence-corrected chi connectivity index (χ2v) is 3.58. The van der Waals surface area contributed by atoms with Crippen molar-refractivity contribution < 1.29 is 19.4 Å². The van der Waals surface area contributed by atoms with Crippen molar-refractivity contribution in [2.45, 2.75) is 0 Å². The van der Waals surface area contributed by atoms with Crippen molar-refractivity contribution in [3.05, 3.63) is 0 Å². The Bertz CT molecular complexity index is 145. The van der Waals surface area contributed by atoms with Crippen molar-refractivity contribution in [2.75, 3.05) is 43.9 Å². The van der Waals surface area contributed by atoms with Gasteiger partial charge in [-0.2, -0.15) is 0 Å². The van der Waals surface area contributed by atoms with Gasteiger partial charge in [0.05, 0.1) is 19.8 Å². The van der Waals surface area contributed by atoms with E-state index in [-0.39, 0.29) is 6.61 Å². The van der Waals surface area contributed by atoms with Crippen LogP contribution in [0.2, 0.25) is 0 Å². The highest BCUT2D eigenvalue weighted by molar-refractivity contribution is 14.1. The van der Waals surface area contributed by atoms with Crippen LogP contribution >= 0.6 is 22.6 Å². The Kier molecular flexibility index (Phi) is 11.2. The smallest absolute Gasteiger partial charge is 0.329 e. The molecule has 0 unspecified atom stereocenters. The Morgan fingerprint density at radius 2 is 1.93 bits per heavy atom. The standard InChI is InChI=1S/C8H16INO4/c9-1-2-10-3-4-13-5-6-14-7-8(11)12/h10H,1-7H2,(H,11,12). The highest BCUT2D eigenvalue weighted by atomic mass is 127. The van der Waals surface area contributed by atoms with Crippen LogP contribution in [0.15, 0.2) is 0 Å². The summed E-state index contributed by atoms with van der Waals surface area (Å²) in [4.78, 5) is 10.0. The third-order valence-electron chi connectivity index (χ3n) is 1.29. The number of aliphatic carboxylic acids is 1. The van der Waals surface area contributed by atoms with Crippen molar-refractivity contribution in [1.82, 2.24) is 5.32 Å². The van der Waals surface area contributed by atoms with Gasteiger partial charge in [-0.15, -0.1) is 0 Å². The van der Waals surface area contributed by atoms with Crippen LogP contribution in [0.25, 0.3) is 0 Å². The Morgan fingerprint density at radius 1 is 1.21 bits per heavy atom. The summed E-state index contributed by atoms with van der Waals surface area (Å²) in [5.74, 6) is -0.950. The van der Waals surface area contributed by atoms with E-state index in [0.29, 0.717) is 19.8 Å². The van der Waals surface area contributed by atoms with Gasteiger partial charge in [0.15, 0.2) is 0 Å². The maximum atomic E-state index is 10.0. The molecule has 0 heterocycles. The molecular formula is C8H16INO4. The van der Waals surface area contributed by atoms with E-state index in [1.165, 1.54) is 0 Å². The van der Waals surface area contributed by atoms with Gasteiger partial charge in [0, 0.05) is 17.5 Å². The molecule has 0 aliphatic rings. The van der Waals surface area contributed by atoms with E-state index in [2.05, 4.69) is 27.9 Å². The minimum Gasteiger partial charge on any atom is -0.480 e. The zero-order chi connectivity index (χ0) is 10.6. The molecule has 6 heteroatoms. The lowest BCUT2D eigenvalue weighted by Crippen LogP contribution is -2.22. The first kappa shape index (κ1) is 14.1. The number of hydrogen-bond donors (Lipinski definition) is 2. The normalized spacial score (nSPS) is 10.4. The Labute approximate surface area is 97.3 Å². The maximum Gasteiger partial charge on any atom is 0.329 e. The summed E-state index contributed by atoms with van der Waals surface area (Å²) < 4.78 is 11.0. The van der Waals surface area contributed by atoms with E-state index in [0.717, 1.165) is 17.5 Å². The fourth-order valence-corrected chi connectivity index (χ4v) is 1.10. The molecule has 84 valence electrons. The van der Waals surface area contributed by atoms with E-state index in [1.807, 2.05) is 0 Å². The number of carboxylic acids is 1. The van der Waals surface area contributed by atoms with Crippen molar-refractivity contribution >= 4 is 28.6 Å². The zero-order valence-electron chi connectivity index (χ0n) is 8.00. The monoisotopic (exact) mass is 317 g/mol. The van der Waals surface area contributed by atoms with Crippen molar-refractivity contribution in [3.8, 4) is 0 Å². The predicted octanol–water partition coefficient (Wildman–Crippen LogP) is 0.129. The molecule has 0 atom stereocenters. The molecule has 0 saturated heterocycles. The van der Waals surface area contributed by atoms with Gasteiger partial charge in [-0.25, -0.2) is 4.79 Å². The molecule has 0 aromatic carbocycles. The van der Waals surface area contributed by atoms with Gasteiger partial charge in [0.2, 0.25) is 0 Å². The van der Waals surface area contributed by atoms with Crippen LogP contribution in [0.5, 0.6) is 0 Å². The van der Waals surface area contributed by atoms with Gasteiger partial charge in [-0.05, 0) is 0 Å². The second kappa shape index (κ2) is 11.2. The summed E-state index contributed by atoms with van der Waals surface area (Å²) in [5.41, 5.74) is 0. The highest BCUT2D eigenvalue weighted by Crippen LogP contribution is 1.79. The van der Waals surface area contributed by atoms with E-state index in [4.69, 9.17) is 14.6 Å². The predicted molar refractivity (Wildman–Crippen MR) is 61.0 cm³/mol. The lowest BCUT2D eigenvalue weighted by Gasteiger charge is -2.04. The first-order chi connectivity index (χ1) is 6.77. The Morgan fingerprint density at radius 3 is 2.57 bits per heavy atom. The van der Waals surface area contributed by atoms with Gasteiger partial charge < -0.3 is 19.9 Å². The van der Waals surface area contributed by atoms with Crippen LogP contribution in [0.4, 0.5) is 0 Å². The third-order valence-corrected chi connectivity index (χ3v) is 1.83. The molecule has 0 aliphatic carbocycles. The molecule has 14 heavy (non-hydrogen) atoms. The van der Waals surface area contributed by atoms with Crippen LogP contribution in [0.1, 0.15) is 0 Å². The van der Waals surface area contributed by atoms with Gasteiger partial charge >= 0.3 is 5.97 Å². The van der Waals surface area contributed by atoms with E-state index >= 15 is 0 Å². The second-order valence-electron chi connectivity index (χ2n) is 2.50. The van der Waals surface area contributed by atoms with Crippen LogP contribution in [-0.4, -0.2) is 55.0 Å². The zero-order valence-corrected chi connectivity index (χ0v) is 10.2. The molecular weight excluding hydrogens is 301 g/mol. The van der Waals surface area contributed by atoms with E-state index < -0.39 is 5.97 Å². The highest BCUT2D eigenvalue weighted by Gasteiger charge is 1.95. The molecule has 0 fully saturated rings. The molecule has 0 radical (unpaired) electrons. The first-order valence-electron chi connectivity index (χ1n) is 4.41. The molecule has 2 N–H and O–H groups in total. The Balaban J connectivity index is 2.88. The van der Waals surface area contributed by atoms with Gasteiger partial charge in [0.1, 0.15) is 6.61 Å². The van der Waals surface area contributed by atoms with Crippen LogP contribution < -0.4 is 5.32 Å². The molecule has 0 saturated carbocycles. The molecule has 5 nitrogen and oxygen atoms in total.